The van der Waals surface area contributed by atoms with Crippen molar-refractivity contribution < 1.29 is 14.0 Å². The van der Waals surface area contributed by atoms with E-state index >= 15 is 0 Å². The molecule has 1 saturated carbocycles. The Morgan fingerprint density at radius 3 is 2.50 bits per heavy atom. The van der Waals surface area contributed by atoms with E-state index in [0.717, 1.165) is 37.7 Å². The largest absolute Gasteiger partial charge is 0.467 e. The van der Waals surface area contributed by atoms with Gasteiger partial charge in [0.25, 0.3) is 5.91 Å². The van der Waals surface area contributed by atoms with E-state index in [1.807, 2.05) is 41.8 Å². The molecule has 4 rings (SSSR count). The van der Waals surface area contributed by atoms with Crippen molar-refractivity contribution in [2.45, 2.75) is 64.1 Å². The number of aryl methyl sites for hydroxylation is 1. The lowest BCUT2D eigenvalue weighted by Gasteiger charge is -2.33. The molecular formula is C26H30N2O3S. The quantitative estimate of drug-likeness (QED) is 0.476. The average Bonchev–Trinajstić information content (AvgIpc) is 3.54. The van der Waals surface area contributed by atoms with Crippen LogP contribution in [0.1, 0.15) is 71.6 Å². The first-order valence-corrected chi connectivity index (χ1v) is 12.3. The van der Waals surface area contributed by atoms with Gasteiger partial charge in [0.15, 0.2) is 0 Å². The van der Waals surface area contributed by atoms with Gasteiger partial charge in [0, 0.05) is 6.04 Å². The van der Waals surface area contributed by atoms with Crippen LogP contribution in [-0.4, -0.2) is 22.8 Å². The zero-order valence-electron chi connectivity index (χ0n) is 18.5. The van der Waals surface area contributed by atoms with Crippen LogP contribution in [0.5, 0.6) is 0 Å². The number of furan rings is 1. The van der Waals surface area contributed by atoms with Crippen molar-refractivity contribution >= 4 is 23.2 Å². The Labute approximate surface area is 193 Å². The van der Waals surface area contributed by atoms with E-state index in [1.165, 1.54) is 23.3 Å². The molecule has 1 aliphatic rings. The Bertz CT molecular complexity index is 990. The summed E-state index contributed by atoms with van der Waals surface area (Å²) in [5, 5.41) is 5.13. The number of hydrogen-bond acceptors (Lipinski definition) is 4. The van der Waals surface area contributed by atoms with Gasteiger partial charge in [-0.2, -0.15) is 0 Å². The number of nitrogens with zero attached hydrogens (tertiary/aromatic N) is 1. The Hall–Kier alpha value is -2.86. The Kier molecular flexibility index (Phi) is 7.43. The molecule has 6 heteroatoms. The summed E-state index contributed by atoms with van der Waals surface area (Å²) in [7, 11) is 0. The van der Waals surface area contributed by atoms with Gasteiger partial charge in [-0.1, -0.05) is 56.5 Å². The Balaban J connectivity index is 1.70. The summed E-state index contributed by atoms with van der Waals surface area (Å²) >= 11 is 1.38. The van der Waals surface area contributed by atoms with E-state index in [2.05, 4.69) is 12.2 Å². The van der Waals surface area contributed by atoms with Crippen LogP contribution >= 0.6 is 11.3 Å². The summed E-state index contributed by atoms with van der Waals surface area (Å²) in [6, 6.07) is 14.8. The molecule has 0 spiro atoms. The zero-order valence-corrected chi connectivity index (χ0v) is 19.3. The molecule has 5 nitrogen and oxygen atoms in total. The maximum absolute atomic E-state index is 13.7. The van der Waals surface area contributed by atoms with Crippen LogP contribution < -0.4 is 5.32 Å². The van der Waals surface area contributed by atoms with Gasteiger partial charge in [-0.15, -0.1) is 11.3 Å². The number of nitrogens with one attached hydrogen (secondary N) is 1. The normalized spacial score (nSPS) is 15.3. The summed E-state index contributed by atoms with van der Waals surface area (Å²) < 4.78 is 5.56. The molecule has 2 aromatic heterocycles. The van der Waals surface area contributed by atoms with Crippen molar-refractivity contribution in [3.63, 3.8) is 0 Å². The molecule has 0 saturated heterocycles. The maximum atomic E-state index is 13.7. The van der Waals surface area contributed by atoms with Crippen molar-refractivity contribution in [3.8, 4) is 0 Å². The molecule has 2 amide bonds. The summed E-state index contributed by atoms with van der Waals surface area (Å²) in [6.45, 7) is 2.33. The smallest absolute Gasteiger partial charge is 0.265 e. The zero-order chi connectivity index (χ0) is 22.3. The lowest BCUT2D eigenvalue weighted by molar-refractivity contribution is -0.127. The van der Waals surface area contributed by atoms with E-state index in [-0.39, 0.29) is 24.4 Å². The Morgan fingerprint density at radius 1 is 1.09 bits per heavy atom. The van der Waals surface area contributed by atoms with Crippen molar-refractivity contribution in [3.05, 3.63) is 81.9 Å². The molecule has 1 N–H and O–H groups in total. The third kappa shape index (κ3) is 5.30. The first-order chi connectivity index (χ1) is 15.7. The molecule has 1 aliphatic carbocycles. The highest BCUT2D eigenvalue weighted by Gasteiger charge is 2.34. The number of amides is 2. The molecule has 0 radical (unpaired) electrons. The molecule has 1 aromatic carbocycles. The molecular weight excluding hydrogens is 420 g/mol. The summed E-state index contributed by atoms with van der Waals surface area (Å²) in [6.07, 6.45) is 7.97. The Morgan fingerprint density at radius 2 is 1.88 bits per heavy atom. The lowest BCUT2D eigenvalue weighted by Crippen LogP contribution is -2.46. The van der Waals surface area contributed by atoms with Gasteiger partial charge in [-0.3, -0.25) is 9.59 Å². The molecule has 32 heavy (non-hydrogen) atoms. The monoisotopic (exact) mass is 450 g/mol. The van der Waals surface area contributed by atoms with Crippen LogP contribution in [0.4, 0.5) is 0 Å². The highest BCUT2D eigenvalue weighted by molar-refractivity contribution is 7.12. The van der Waals surface area contributed by atoms with E-state index in [1.54, 1.807) is 23.3 Å². The second-order valence-electron chi connectivity index (χ2n) is 8.33. The topological polar surface area (TPSA) is 62.6 Å². The van der Waals surface area contributed by atoms with Crippen LogP contribution in [0.15, 0.2) is 64.6 Å². The molecule has 1 fully saturated rings. The van der Waals surface area contributed by atoms with Gasteiger partial charge in [0.05, 0.1) is 17.7 Å². The van der Waals surface area contributed by atoms with Crippen LogP contribution in [0, 0.1) is 0 Å². The van der Waals surface area contributed by atoms with Gasteiger partial charge < -0.3 is 14.6 Å². The number of carbonyl (C=O) groups is 2. The van der Waals surface area contributed by atoms with E-state index in [4.69, 9.17) is 4.42 Å². The van der Waals surface area contributed by atoms with Gasteiger partial charge in [0.2, 0.25) is 5.91 Å². The minimum atomic E-state index is -0.734. The van der Waals surface area contributed by atoms with Crippen LogP contribution in [0.2, 0.25) is 0 Å². The third-order valence-electron chi connectivity index (χ3n) is 6.11. The summed E-state index contributed by atoms with van der Waals surface area (Å²) in [5.74, 6) is 0.355. The molecule has 0 aliphatic heterocycles. The van der Waals surface area contributed by atoms with E-state index in [9.17, 15) is 9.59 Å². The van der Waals surface area contributed by atoms with Gasteiger partial charge >= 0.3 is 0 Å². The predicted octanol–water partition coefficient (Wildman–Crippen LogP) is 5.74. The second-order valence-corrected chi connectivity index (χ2v) is 9.28. The number of hydrogen-bond donors (Lipinski definition) is 1. The fraction of sp³-hybridized carbons (Fsp3) is 0.385. The van der Waals surface area contributed by atoms with Crippen molar-refractivity contribution in [2.75, 3.05) is 0 Å². The van der Waals surface area contributed by atoms with Gasteiger partial charge in [-0.05, 0) is 54.0 Å². The molecule has 0 bridgehead atoms. The summed E-state index contributed by atoms with van der Waals surface area (Å²) in [4.78, 5) is 29.5. The highest BCUT2D eigenvalue weighted by atomic mass is 32.1. The fourth-order valence-electron chi connectivity index (χ4n) is 4.33. The first kappa shape index (κ1) is 22.3. The molecule has 1 atom stereocenters. The van der Waals surface area contributed by atoms with Crippen molar-refractivity contribution in [1.82, 2.24) is 10.2 Å². The van der Waals surface area contributed by atoms with E-state index in [0.29, 0.717) is 10.6 Å². The number of thiophene rings is 1. The average molecular weight is 451 g/mol. The fourth-order valence-corrected chi connectivity index (χ4v) is 5.01. The van der Waals surface area contributed by atoms with Crippen molar-refractivity contribution in [1.29, 1.82) is 0 Å². The standard InChI is InChI=1S/C26H30N2O3S/c1-2-19-12-14-20(15-13-19)24(25(29)27-21-8-4-3-5-9-21)28(18-22-10-6-16-31-22)26(30)23-11-7-17-32-23/h6-7,10-17,21,24H,2-5,8-9,18H2,1H3,(H,27,29). The van der Waals surface area contributed by atoms with Crippen molar-refractivity contribution in [2.24, 2.45) is 0 Å². The van der Waals surface area contributed by atoms with Gasteiger partial charge in [-0.25, -0.2) is 0 Å². The number of carbonyl (C=O) groups excluding carboxylic acids is 2. The molecule has 168 valence electrons. The van der Waals surface area contributed by atoms with Gasteiger partial charge in [0.1, 0.15) is 11.8 Å². The third-order valence-corrected chi connectivity index (χ3v) is 6.97. The van der Waals surface area contributed by atoms with Crippen LogP contribution in [0.3, 0.4) is 0 Å². The molecule has 1 unspecified atom stereocenters. The number of rotatable bonds is 8. The molecule has 3 aromatic rings. The minimum Gasteiger partial charge on any atom is -0.467 e. The first-order valence-electron chi connectivity index (χ1n) is 11.4. The highest BCUT2D eigenvalue weighted by Crippen LogP contribution is 2.29. The number of benzene rings is 1. The van der Waals surface area contributed by atoms with Crippen LogP contribution in [-0.2, 0) is 17.8 Å². The minimum absolute atomic E-state index is 0.127. The van der Waals surface area contributed by atoms with E-state index < -0.39 is 6.04 Å². The summed E-state index contributed by atoms with van der Waals surface area (Å²) in [5.41, 5.74) is 2.01. The predicted molar refractivity (Wildman–Crippen MR) is 126 cm³/mol. The lowest BCUT2D eigenvalue weighted by atomic mass is 9.94. The molecule has 2 heterocycles. The van der Waals surface area contributed by atoms with Crippen LogP contribution in [0.25, 0.3) is 0 Å². The SMILES string of the molecule is CCc1ccc(C(C(=O)NC2CCCCC2)N(Cc2ccco2)C(=O)c2cccs2)cc1. The maximum Gasteiger partial charge on any atom is 0.265 e. The second kappa shape index (κ2) is 10.6.